The number of aromatic nitrogens is 6. The number of hydrogen-bond donors (Lipinski definition) is 2. The summed E-state index contributed by atoms with van der Waals surface area (Å²) in [5.41, 5.74) is 2.35. The maximum Gasteiger partial charge on any atom is 0.388 e. The van der Waals surface area contributed by atoms with Crippen LogP contribution in [0.5, 0.6) is 5.88 Å². The van der Waals surface area contributed by atoms with Crippen LogP contribution >= 0.6 is 0 Å². The molecule has 2 N–H and O–H groups in total. The highest BCUT2D eigenvalue weighted by molar-refractivity contribution is 5.72. The normalized spacial score (nSPS) is 15.3. The molecule has 0 saturated carbocycles. The highest BCUT2D eigenvalue weighted by Gasteiger charge is 2.33. The third-order valence-corrected chi connectivity index (χ3v) is 4.84. The summed E-state index contributed by atoms with van der Waals surface area (Å²) in [6, 6.07) is 11.3. The average molecular weight is 413 g/mol. The molecule has 1 atom stereocenters. The molecular formula is C19H17F2N7O2. The van der Waals surface area contributed by atoms with Crippen molar-refractivity contribution >= 4 is 22.8 Å². The van der Waals surface area contributed by atoms with Crippen molar-refractivity contribution in [2.45, 2.75) is 12.7 Å². The van der Waals surface area contributed by atoms with E-state index in [0.717, 1.165) is 5.56 Å². The number of alkyl halides is 2. The number of H-pyrrole nitrogens is 1. The van der Waals surface area contributed by atoms with Gasteiger partial charge in [-0.2, -0.15) is 19.0 Å². The molecule has 9 nitrogen and oxygen atoms in total. The third-order valence-electron chi connectivity index (χ3n) is 4.84. The maximum atomic E-state index is 12.3. The molecule has 0 radical (unpaired) electrons. The Balaban J connectivity index is 1.47. The molecule has 0 bridgehead atoms. The molecule has 1 aliphatic rings. The summed E-state index contributed by atoms with van der Waals surface area (Å²) in [6.07, 6.45) is 3.20. The molecule has 1 fully saturated rings. The van der Waals surface area contributed by atoms with Crippen LogP contribution < -0.4 is 10.1 Å². The number of ether oxygens (including phenoxy) is 2. The molecule has 0 aliphatic carbocycles. The van der Waals surface area contributed by atoms with Crippen LogP contribution in [-0.4, -0.2) is 49.8 Å². The quantitative estimate of drug-likeness (QED) is 0.480. The van der Waals surface area contributed by atoms with Gasteiger partial charge in [-0.25, -0.2) is 19.7 Å². The van der Waals surface area contributed by atoms with Crippen LogP contribution in [0.3, 0.4) is 0 Å². The second kappa shape index (κ2) is 7.67. The smallest absolute Gasteiger partial charge is 0.388 e. The van der Waals surface area contributed by atoms with E-state index in [1.807, 2.05) is 22.9 Å². The van der Waals surface area contributed by atoms with Gasteiger partial charge in [0.2, 0.25) is 5.88 Å². The lowest BCUT2D eigenvalue weighted by Crippen LogP contribution is -2.37. The van der Waals surface area contributed by atoms with Crippen molar-refractivity contribution in [3.63, 3.8) is 0 Å². The molecule has 1 saturated heterocycles. The van der Waals surface area contributed by atoms with Crippen LogP contribution in [0.15, 0.2) is 48.8 Å². The zero-order valence-electron chi connectivity index (χ0n) is 15.6. The van der Waals surface area contributed by atoms with Crippen molar-refractivity contribution in [3.05, 3.63) is 54.4 Å². The Morgan fingerprint density at radius 1 is 1.17 bits per heavy atom. The summed E-state index contributed by atoms with van der Waals surface area (Å²) in [6.45, 7) is -1.65. The van der Waals surface area contributed by atoms with E-state index in [1.165, 1.54) is 12.3 Å². The van der Waals surface area contributed by atoms with Crippen LogP contribution in [-0.2, 0) is 4.74 Å². The van der Waals surface area contributed by atoms with Gasteiger partial charge in [0.25, 0.3) is 0 Å². The van der Waals surface area contributed by atoms with E-state index in [1.54, 1.807) is 6.20 Å². The summed E-state index contributed by atoms with van der Waals surface area (Å²) >= 11 is 0. The lowest BCUT2D eigenvalue weighted by Gasteiger charge is -2.34. The predicted molar refractivity (Wildman–Crippen MR) is 103 cm³/mol. The number of anilines is 2. The first-order valence-corrected chi connectivity index (χ1v) is 9.27. The highest BCUT2D eigenvalue weighted by atomic mass is 19.3. The van der Waals surface area contributed by atoms with Gasteiger partial charge in [0.1, 0.15) is 5.52 Å². The Morgan fingerprint density at radius 2 is 2.00 bits per heavy atom. The number of rotatable bonds is 7. The van der Waals surface area contributed by atoms with Gasteiger partial charge in [-0.05, 0) is 5.56 Å². The van der Waals surface area contributed by atoms with Crippen molar-refractivity contribution in [2.75, 3.05) is 18.5 Å². The Labute approximate surface area is 169 Å². The SMILES string of the molecule is FC(F)Oc1cc(Nc2cnc3cnn([C@@H](c4ccccc4)C4COC4)c3n2)n[nH]1. The van der Waals surface area contributed by atoms with E-state index in [2.05, 4.69) is 47.5 Å². The van der Waals surface area contributed by atoms with Crippen molar-refractivity contribution in [1.29, 1.82) is 0 Å². The summed E-state index contributed by atoms with van der Waals surface area (Å²) in [4.78, 5) is 9.03. The second-order valence-corrected chi connectivity index (χ2v) is 6.83. The molecule has 1 aromatic carbocycles. The van der Waals surface area contributed by atoms with Crippen LogP contribution in [0.4, 0.5) is 20.4 Å². The Bertz CT molecular complexity index is 1140. The van der Waals surface area contributed by atoms with Gasteiger partial charge in [-0.1, -0.05) is 30.3 Å². The standard InChI is InChI=1S/C19H17F2N7O2/c20-19(21)30-16-6-14(26-27-16)24-15-8-22-13-7-23-28(18(13)25-15)17(12-9-29-10-12)11-4-2-1-3-5-11/h1-8,12,17,19H,9-10H2,(H2,24,25,26,27)/t17-/m0/s1. The van der Waals surface area contributed by atoms with Gasteiger partial charge < -0.3 is 14.8 Å². The molecule has 5 rings (SSSR count). The number of aromatic amines is 1. The Hall–Kier alpha value is -3.60. The van der Waals surface area contributed by atoms with Crippen LogP contribution in [0.25, 0.3) is 11.2 Å². The lowest BCUT2D eigenvalue weighted by molar-refractivity contribution is -0.0528. The van der Waals surface area contributed by atoms with E-state index >= 15 is 0 Å². The van der Waals surface area contributed by atoms with E-state index < -0.39 is 6.61 Å². The molecule has 30 heavy (non-hydrogen) atoms. The van der Waals surface area contributed by atoms with Gasteiger partial charge in [-0.15, -0.1) is 0 Å². The molecule has 0 amide bonds. The van der Waals surface area contributed by atoms with Gasteiger partial charge >= 0.3 is 6.61 Å². The minimum Gasteiger partial charge on any atom is -0.417 e. The summed E-state index contributed by atoms with van der Waals surface area (Å²) < 4.78 is 36.2. The number of hydrogen-bond acceptors (Lipinski definition) is 7. The van der Waals surface area contributed by atoms with Gasteiger partial charge in [0, 0.05) is 12.0 Å². The fourth-order valence-electron chi connectivity index (χ4n) is 3.44. The lowest BCUT2D eigenvalue weighted by atomic mass is 9.91. The first kappa shape index (κ1) is 18.4. The van der Waals surface area contributed by atoms with E-state index in [9.17, 15) is 8.78 Å². The van der Waals surface area contributed by atoms with E-state index in [0.29, 0.717) is 30.2 Å². The maximum absolute atomic E-state index is 12.3. The Morgan fingerprint density at radius 3 is 2.73 bits per heavy atom. The van der Waals surface area contributed by atoms with Crippen LogP contribution in [0.1, 0.15) is 11.6 Å². The molecule has 11 heteroatoms. The summed E-state index contributed by atoms with van der Waals surface area (Å²) in [5, 5.41) is 13.7. The fraction of sp³-hybridized carbons (Fsp3) is 0.263. The first-order valence-electron chi connectivity index (χ1n) is 9.27. The third kappa shape index (κ3) is 3.54. The van der Waals surface area contributed by atoms with Crippen LogP contribution in [0, 0.1) is 5.92 Å². The average Bonchev–Trinajstić information content (AvgIpc) is 3.31. The number of nitrogens with one attached hydrogen (secondary N) is 2. The molecule has 1 aliphatic heterocycles. The molecular weight excluding hydrogens is 396 g/mol. The summed E-state index contributed by atoms with van der Waals surface area (Å²) in [7, 11) is 0. The zero-order valence-corrected chi connectivity index (χ0v) is 15.6. The number of benzene rings is 1. The topological polar surface area (TPSA) is 103 Å². The number of fused-ring (bicyclic) bond motifs is 1. The zero-order chi connectivity index (χ0) is 20.5. The van der Waals surface area contributed by atoms with E-state index in [4.69, 9.17) is 4.74 Å². The molecule has 0 spiro atoms. The van der Waals surface area contributed by atoms with Gasteiger partial charge in [-0.3, -0.25) is 0 Å². The van der Waals surface area contributed by atoms with Gasteiger partial charge in [0.15, 0.2) is 17.3 Å². The van der Waals surface area contributed by atoms with Crippen molar-refractivity contribution < 1.29 is 18.3 Å². The van der Waals surface area contributed by atoms with Crippen LogP contribution in [0.2, 0.25) is 0 Å². The highest BCUT2D eigenvalue weighted by Crippen LogP contribution is 2.33. The van der Waals surface area contributed by atoms with Crippen molar-refractivity contribution in [2.24, 2.45) is 5.92 Å². The molecule has 4 heterocycles. The van der Waals surface area contributed by atoms with Crippen molar-refractivity contribution in [1.82, 2.24) is 29.9 Å². The second-order valence-electron chi connectivity index (χ2n) is 6.83. The minimum atomic E-state index is -2.94. The molecule has 4 aromatic rings. The molecule has 154 valence electrons. The number of nitrogens with zero attached hydrogens (tertiary/aromatic N) is 5. The van der Waals surface area contributed by atoms with Crippen molar-refractivity contribution in [3.8, 4) is 5.88 Å². The fourth-order valence-corrected chi connectivity index (χ4v) is 3.44. The van der Waals surface area contributed by atoms with E-state index in [-0.39, 0.29) is 23.7 Å². The Kier molecular flexibility index (Phi) is 4.71. The predicted octanol–water partition coefficient (Wildman–Crippen LogP) is 3.13. The number of halogens is 2. The molecule has 3 aromatic heterocycles. The summed E-state index contributed by atoms with van der Waals surface area (Å²) in [5.74, 6) is 0.795. The van der Waals surface area contributed by atoms with Gasteiger partial charge in [0.05, 0.1) is 31.6 Å². The largest absolute Gasteiger partial charge is 0.417 e. The molecule has 0 unspecified atom stereocenters. The monoisotopic (exact) mass is 413 g/mol. The minimum absolute atomic E-state index is 0.0431. The first-order chi connectivity index (χ1) is 14.7.